The fraction of sp³-hybridized carbons (Fsp3) is 0.533. The Kier molecular flexibility index (Phi) is 5.68. The molecule has 0 aliphatic heterocycles. The molecule has 2 aromatic rings. The van der Waals surface area contributed by atoms with E-state index in [1.165, 1.54) is 0 Å². The van der Waals surface area contributed by atoms with E-state index in [-0.39, 0.29) is 6.04 Å². The molecule has 0 radical (unpaired) electrons. The van der Waals surface area contributed by atoms with Gasteiger partial charge in [0.15, 0.2) is 5.75 Å². The molecule has 6 heteroatoms. The van der Waals surface area contributed by atoms with Crippen LogP contribution in [0.5, 0.6) is 5.75 Å². The predicted molar refractivity (Wildman–Crippen MR) is 81.2 cm³/mol. The second-order valence-corrected chi connectivity index (χ2v) is 4.88. The second kappa shape index (κ2) is 7.73. The number of aryl methyl sites for hydroxylation is 1. The van der Waals surface area contributed by atoms with Crippen LogP contribution in [-0.4, -0.2) is 33.4 Å². The second-order valence-electron chi connectivity index (χ2n) is 4.88. The Labute approximate surface area is 125 Å². The van der Waals surface area contributed by atoms with E-state index >= 15 is 0 Å². The average Bonchev–Trinajstić information content (AvgIpc) is 2.92. The van der Waals surface area contributed by atoms with Crippen LogP contribution >= 0.6 is 0 Å². The van der Waals surface area contributed by atoms with Crippen molar-refractivity contribution in [2.24, 2.45) is 0 Å². The van der Waals surface area contributed by atoms with E-state index in [1.807, 2.05) is 17.1 Å². The van der Waals surface area contributed by atoms with Crippen LogP contribution in [-0.2, 0) is 6.54 Å². The highest BCUT2D eigenvalue weighted by molar-refractivity contribution is 5.34. The average molecular weight is 289 g/mol. The van der Waals surface area contributed by atoms with E-state index in [4.69, 9.17) is 4.74 Å². The SMILES string of the molecule is CCCNC(c1cncnc1)c1c(OC)cnn1CCC. The van der Waals surface area contributed by atoms with Gasteiger partial charge in [-0.3, -0.25) is 4.68 Å². The van der Waals surface area contributed by atoms with Crippen molar-refractivity contribution >= 4 is 0 Å². The standard InChI is InChI=1S/C15H23N5O/c1-4-6-18-14(12-8-16-11-17-9-12)15-13(21-3)10-19-20(15)7-5-2/h8-11,14,18H,4-7H2,1-3H3. The highest BCUT2D eigenvalue weighted by Crippen LogP contribution is 2.29. The first-order chi connectivity index (χ1) is 10.3. The van der Waals surface area contributed by atoms with Gasteiger partial charge in [0, 0.05) is 24.5 Å². The third-order valence-electron chi connectivity index (χ3n) is 3.29. The maximum atomic E-state index is 5.49. The van der Waals surface area contributed by atoms with Gasteiger partial charge in [0.2, 0.25) is 0 Å². The van der Waals surface area contributed by atoms with Gasteiger partial charge in [-0.05, 0) is 19.4 Å². The summed E-state index contributed by atoms with van der Waals surface area (Å²) in [7, 11) is 1.68. The van der Waals surface area contributed by atoms with Crippen LogP contribution in [0.1, 0.15) is 44.0 Å². The van der Waals surface area contributed by atoms with Gasteiger partial charge in [-0.15, -0.1) is 0 Å². The van der Waals surface area contributed by atoms with E-state index in [0.29, 0.717) is 0 Å². The lowest BCUT2D eigenvalue weighted by Gasteiger charge is -2.21. The highest BCUT2D eigenvalue weighted by atomic mass is 16.5. The molecule has 6 nitrogen and oxygen atoms in total. The normalized spacial score (nSPS) is 12.3. The molecule has 1 unspecified atom stereocenters. The molecule has 2 heterocycles. The molecule has 1 atom stereocenters. The van der Waals surface area contributed by atoms with Crippen LogP contribution in [0, 0.1) is 0 Å². The molecule has 21 heavy (non-hydrogen) atoms. The van der Waals surface area contributed by atoms with E-state index in [2.05, 4.69) is 34.2 Å². The Bertz CT molecular complexity index is 540. The maximum absolute atomic E-state index is 5.49. The van der Waals surface area contributed by atoms with Crippen LogP contribution in [0.15, 0.2) is 24.9 Å². The van der Waals surface area contributed by atoms with Crippen molar-refractivity contribution in [2.45, 2.75) is 39.3 Å². The summed E-state index contributed by atoms with van der Waals surface area (Å²) in [5.74, 6) is 0.793. The van der Waals surface area contributed by atoms with Crippen LogP contribution in [0.2, 0.25) is 0 Å². The quantitative estimate of drug-likeness (QED) is 0.807. The van der Waals surface area contributed by atoms with Crippen LogP contribution in [0.3, 0.4) is 0 Å². The fourth-order valence-electron chi connectivity index (χ4n) is 2.34. The largest absolute Gasteiger partial charge is 0.493 e. The molecule has 0 saturated carbocycles. The van der Waals surface area contributed by atoms with Crippen molar-refractivity contribution < 1.29 is 4.74 Å². The highest BCUT2D eigenvalue weighted by Gasteiger charge is 2.23. The zero-order chi connectivity index (χ0) is 15.1. The Morgan fingerprint density at radius 3 is 2.57 bits per heavy atom. The number of ether oxygens (including phenoxy) is 1. The number of methoxy groups -OCH3 is 1. The molecule has 0 aliphatic rings. The molecule has 0 aromatic carbocycles. The van der Waals surface area contributed by atoms with Crippen LogP contribution < -0.4 is 10.1 Å². The van der Waals surface area contributed by atoms with Crippen molar-refractivity contribution in [3.05, 3.63) is 36.2 Å². The Balaban J connectivity index is 2.42. The molecule has 0 aliphatic carbocycles. The lowest BCUT2D eigenvalue weighted by molar-refractivity contribution is 0.397. The lowest BCUT2D eigenvalue weighted by Crippen LogP contribution is -2.26. The first-order valence-electron chi connectivity index (χ1n) is 7.39. The first-order valence-corrected chi connectivity index (χ1v) is 7.39. The van der Waals surface area contributed by atoms with Gasteiger partial charge < -0.3 is 10.1 Å². The van der Waals surface area contributed by atoms with Crippen LogP contribution in [0.4, 0.5) is 0 Å². The topological polar surface area (TPSA) is 64.9 Å². The van der Waals surface area contributed by atoms with Crippen molar-refractivity contribution in [3.63, 3.8) is 0 Å². The first kappa shape index (κ1) is 15.4. The summed E-state index contributed by atoms with van der Waals surface area (Å²) in [6, 6.07) is -0.0184. The number of hydrogen-bond donors (Lipinski definition) is 1. The van der Waals surface area contributed by atoms with Crippen molar-refractivity contribution in [1.82, 2.24) is 25.1 Å². The summed E-state index contributed by atoms with van der Waals surface area (Å²) in [6.45, 7) is 6.04. The molecule has 0 spiro atoms. The van der Waals surface area contributed by atoms with Gasteiger partial charge >= 0.3 is 0 Å². The molecule has 114 valence electrons. The molecule has 0 amide bonds. The molecule has 1 N–H and O–H groups in total. The molecule has 2 aromatic heterocycles. The summed E-state index contributed by atoms with van der Waals surface area (Å²) >= 11 is 0. The van der Waals surface area contributed by atoms with Gasteiger partial charge in [0.05, 0.1) is 19.3 Å². The van der Waals surface area contributed by atoms with Gasteiger partial charge in [0.25, 0.3) is 0 Å². The Hall–Kier alpha value is -1.95. The number of nitrogens with one attached hydrogen (secondary N) is 1. The van der Waals surface area contributed by atoms with E-state index in [0.717, 1.165) is 42.9 Å². The monoisotopic (exact) mass is 289 g/mol. The predicted octanol–water partition coefficient (Wildman–Crippen LogP) is 2.18. The zero-order valence-corrected chi connectivity index (χ0v) is 12.9. The number of aromatic nitrogens is 4. The van der Waals surface area contributed by atoms with Gasteiger partial charge in [-0.1, -0.05) is 13.8 Å². The fourth-order valence-corrected chi connectivity index (χ4v) is 2.34. The van der Waals surface area contributed by atoms with Crippen molar-refractivity contribution in [3.8, 4) is 5.75 Å². The minimum Gasteiger partial charge on any atom is -0.493 e. The summed E-state index contributed by atoms with van der Waals surface area (Å²) < 4.78 is 7.49. The van der Waals surface area contributed by atoms with Gasteiger partial charge in [0.1, 0.15) is 12.0 Å². The maximum Gasteiger partial charge on any atom is 0.161 e. The number of nitrogens with zero attached hydrogens (tertiary/aromatic N) is 4. The van der Waals surface area contributed by atoms with Gasteiger partial charge in [-0.25, -0.2) is 9.97 Å². The van der Waals surface area contributed by atoms with Crippen molar-refractivity contribution in [1.29, 1.82) is 0 Å². The smallest absolute Gasteiger partial charge is 0.161 e. The zero-order valence-electron chi connectivity index (χ0n) is 12.9. The Morgan fingerprint density at radius 1 is 1.19 bits per heavy atom. The molecular formula is C15H23N5O. The van der Waals surface area contributed by atoms with E-state index in [1.54, 1.807) is 19.6 Å². The van der Waals surface area contributed by atoms with Crippen LogP contribution in [0.25, 0.3) is 0 Å². The summed E-state index contributed by atoms with van der Waals surface area (Å²) in [5.41, 5.74) is 2.05. The minimum atomic E-state index is -0.0184. The van der Waals surface area contributed by atoms with Crippen molar-refractivity contribution in [2.75, 3.05) is 13.7 Å². The third-order valence-corrected chi connectivity index (χ3v) is 3.29. The lowest BCUT2D eigenvalue weighted by atomic mass is 10.1. The molecule has 0 fully saturated rings. The summed E-state index contributed by atoms with van der Waals surface area (Å²) in [6.07, 6.45) is 9.06. The van der Waals surface area contributed by atoms with E-state index in [9.17, 15) is 0 Å². The Morgan fingerprint density at radius 2 is 1.95 bits per heavy atom. The molecule has 0 bridgehead atoms. The van der Waals surface area contributed by atoms with Gasteiger partial charge in [-0.2, -0.15) is 5.10 Å². The third kappa shape index (κ3) is 3.58. The molecular weight excluding hydrogens is 266 g/mol. The minimum absolute atomic E-state index is 0.0184. The number of hydrogen-bond acceptors (Lipinski definition) is 5. The summed E-state index contributed by atoms with van der Waals surface area (Å²) in [5, 5.41) is 7.98. The number of rotatable bonds is 8. The van der Waals surface area contributed by atoms with E-state index < -0.39 is 0 Å². The summed E-state index contributed by atoms with van der Waals surface area (Å²) in [4.78, 5) is 8.27. The molecule has 2 rings (SSSR count). The molecule has 0 saturated heterocycles.